The van der Waals surface area contributed by atoms with Crippen molar-refractivity contribution in [3.05, 3.63) is 53.6 Å². The second kappa shape index (κ2) is 7.18. The number of amides is 1. The molecule has 1 heterocycles. The number of hydrogen-bond acceptors (Lipinski definition) is 3. The van der Waals surface area contributed by atoms with Gasteiger partial charge in [0.2, 0.25) is 5.91 Å². The summed E-state index contributed by atoms with van der Waals surface area (Å²) in [4.78, 5) is 12.1. The number of carbonyl (C=O) groups is 1. The molecule has 2 aromatic rings. The molecule has 0 aromatic heterocycles. The normalized spacial score (nSPS) is 13.3. The molecule has 1 amide bonds. The monoisotopic (exact) mass is 311 g/mol. The van der Waals surface area contributed by atoms with Gasteiger partial charge in [0.1, 0.15) is 0 Å². The van der Waals surface area contributed by atoms with Crippen LogP contribution in [0.3, 0.4) is 0 Å². The van der Waals surface area contributed by atoms with Gasteiger partial charge in [-0.15, -0.1) is 0 Å². The number of benzene rings is 2. The first-order chi connectivity index (χ1) is 11.2. The summed E-state index contributed by atoms with van der Waals surface area (Å²) in [7, 11) is 0. The largest absolute Gasteiger partial charge is 0.490 e. The molecule has 0 fully saturated rings. The first-order valence-electron chi connectivity index (χ1n) is 7.96. The van der Waals surface area contributed by atoms with E-state index in [2.05, 4.69) is 24.4 Å². The van der Waals surface area contributed by atoms with Gasteiger partial charge in [-0.05, 0) is 31.0 Å². The summed E-state index contributed by atoms with van der Waals surface area (Å²) in [5.41, 5.74) is 3.13. The van der Waals surface area contributed by atoms with Crippen molar-refractivity contribution in [2.75, 3.05) is 18.5 Å². The molecule has 0 saturated carbocycles. The van der Waals surface area contributed by atoms with Crippen molar-refractivity contribution in [3.8, 4) is 11.5 Å². The van der Waals surface area contributed by atoms with Crippen molar-refractivity contribution in [3.63, 3.8) is 0 Å². The van der Waals surface area contributed by atoms with Crippen molar-refractivity contribution in [2.45, 2.75) is 26.2 Å². The fourth-order valence-corrected chi connectivity index (χ4v) is 2.59. The predicted octanol–water partition coefficient (Wildman–Crippen LogP) is 3.73. The summed E-state index contributed by atoms with van der Waals surface area (Å²) in [5, 5.41) is 2.92. The van der Waals surface area contributed by atoms with E-state index in [1.54, 1.807) is 0 Å². The van der Waals surface area contributed by atoms with Crippen LogP contribution in [0.25, 0.3) is 0 Å². The van der Waals surface area contributed by atoms with E-state index in [1.165, 1.54) is 11.1 Å². The Morgan fingerprint density at radius 1 is 1.09 bits per heavy atom. The molecule has 0 aliphatic carbocycles. The zero-order chi connectivity index (χ0) is 16.1. The van der Waals surface area contributed by atoms with Gasteiger partial charge in [-0.25, -0.2) is 0 Å². The molecule has 1 aliphatic heterocycles. The Balaban J connectivity index is 1.58. The van der Waals surface area contributed by atoms with Crippen LogP contribution >= 0.6 is 0 Å². The zero-order valence-electron chi connectivity index (χ0n) is 13.3. The maximum Gasteiger partial charge on any atom is 0.224 e. The lowest BCUT2D eigenvalue weighted by atomic mass is 10.1. The molecule has 0 saturated heterocycles. The fourth-order valence-electron chi connectivity index (χ4n) is 2.59. The van der Waals surface area contributed by atoms with Gasteiger partial charge in [0, 0.05) is 24.6 Å². The molecule has 0 atom stereocenters. The summed E-state index contributed by atoms with van der Waals surface area (Å²) in [6.07, 6.45) is 2.06. The molecule has 2 aromatic carbocycles. The zero-order valence-corrected chi connectivity index (χ0v) is 13.3. The van der Waals surface area contributed by atoms with Crippen molar-refractivity contribution in [1.82, 2.24) is 0 Å². The SMILES string of the molecule is Cc1cccc(CCC(=O)Nc2ccc3c(c2)OCCCO3)c1. The second-order valence-electron chi connectivity index (χ2n) is 5.75. The second-order valence-corrected chi connectivity index (χ2v) is 5.75. The lowest BCUT2D eigenvalue weighted by Gasteiger charge is -2.10. The average Bonchev–Trinajstić information content (AvgIpc) is 2.78. The summed E-state index contributed by atoms with van der Waals surface area (Å²) in [5.74, 6) is 1.43. The number of nitrogens with one attached hydrogen (secondary N) is 1. The Morgan fingerprint density at radius 2 is 1.91 bits per heavy atom. The first-order valence-corrected chi connectivity index (χ1v) is 7.96. The van der Waals surface area contributed by atoms with Gasteiger partial charge in [0.05, 0.1) is 13.2 Å². The number of fused-ring (bicyclic) bond motifs is 1. The van der Waals surface area contributed by atoms with Crippen LogP contribution in [0, 0.1) is 6.92 Å². The van der Waals surface area contributed by atoms with Crippen LogP contribution in [0.4, 0.5) is 5.69 Å². The average molecular weight is 311 g/mol. The van der Waals surface area contributed by atoms with E-state index < -0.39 is 0 Å². The van der Waals surface area contributed by atoms with Gasteiger partial charge in [-0.1, -0.05) is 29.8 Å². The van der Waals surface area contributed by atoms with E-state index in [0.717, 1.165) is 24.3 Å². The summed E-state index contributed by atoms with van der Waals surface area (Å²) in [6.45, 7) is 3.36. The number of carbonyl (C=O) groups excluding carboxylic acids is 1. The van der Waals surface area contributed by atoms with E-state index in [9.17, 15) is 4.79 Å². The third-order valence-corrected chi connectivity index (χ3v) is 3.75. The number of rotatable bonds is 4. The first kappa shape index (κ1) is 15.4. The lowest BCUT2D eigenvalue weighted by molar-refractivity contribution is -0.116. The third kappa shape index (κ3) is 4.25. The minimum absolute atomic E-state index is 0.000923. The third-order valence-electron chi connectivity index (χ3n) is 3.75. The highest BCUT2D eigenvalue weighted by Gasteiger charge is 2.12. The Bertz CT molecular complexity index is 697. The van der Waals surface area contributed by atoms with Crippen LogP contribution in [-0.2, 0) is 11.2 Å². The molecule has 4 nitrogen and oxygen atoms in total. The molecule has 1 aliphatic rings. The van der Waals surface area contributed by atoms with Gasteiger partial charge < -0.3 is 14.8 Å². The van der Waals surface area contributed by atoms with Gasteiger partial charge in [0.15, 0.2) is 11.5 Å². The van der Waals surface area contributed by atoms with Crippen LogP contribution in [0.15, 0.2) is 42.5 Å². The molecule has 3 rings (SSSR count). The number of hydrogen-bond donors (Lipinski definition) is 1. The van der Waals surface area contributed by atoms with Crippen molar-refractivity contribution < 1.29 is 14.3 Å². The standard InChI is InChI=1S/C19H21NO3/c1-14-4-2-5-15(12-14)6-9-19(21)20-16-7-8-17-18(13-16)23-11-3-10-22-17/h2,4-5,7-8,12-13H,3,6,9-11H2,1H3,(H,20,21). The molecule has 0 unspecified atom stereocenters. The fraction of sp³-hybridized carbons (Fsp3) is 0.316. The highest BCUT2D eigenvalue weighted by Crippen LogP contribution is 2.32. The van der Waals surface area contributed by atoms with Gasteiger partial charge in [-0.3, -0.25) is 4.79 Å². The minimum atomic E-state index is 0.000923. The van der Waals surface area contributed by atoms with Crippen molar-refractivity contribution in [1.29, 1.82) is 0 Å². The number of aryl methyl sites for hydroxylation is 2. The highest BCUT2D eigenvalue weighted by molar-refractivity contribution is 5.91. The van der Waals surface area contributed by atoms with Crippen LogP contribution in [0.2, 0.25) is 0 Å². The molecule has 120 valence electrons. The Labute approximate surface area is 136 Å². The van der Waals surface area contributed by atoms with Gasteiger partial charge >= 0.3 is 0 Å². The van der Waals surface area contributed by atoms with E-state index >= 15 is 0 Å². The molecular weight excluding hydrogens is 290 g/mol. The van der Waals surface area contributed by atoms with Crippen LogP contribution < -0.4 is 14.8 Å². The van der Waals surface area contributed by atoms with Gasteiger partial charge in [-0.2, -0.15) is 0 Å². The molecule has 23 heavy (non-hydrogen) atoms. The smallest absolute Gasteiger partial charge is 0.224 e. The quantitative estimate of drug-likeness (QED) is 0.936. The number of anilines is 1. The van der Waals surface area contributed by atoms with Crippen LogP contribution in [0.5, 0.6) is 11.5 Å². The Hall–Kier alpha value is -2.49. The maximum atomic E-state index is 12.1. The molecule has 0 bridgehead atoms. The molecule has 0 spiro atoms. The van der Waals surface area contributed by atoms with Gasteiger partial charge in [0.25, 0.3) is 0 Å². The van der Waals surface area contributed by atoms with Crippen LogP contribution in [-0.4, -0.2) is 19.1 Å². The van der Waals surface area contributed by atoms with Crippen LogP contribution in [0.1, 0.15) is 24.0 Å². The number of ether oxygens (including phenoxy) is 2. The highest BCUT2D eigenvalue weighted by atomic mass is 16.5. The Kier molecular flexibility index (Phi) is 4.81. The molecule has 0 radical (unpaired) electrons. The molecule has 4 heteroatoms. The predicted molar refractivity (Wildman–Crippen MR) is 90.2 cm³/mol. The van der Waals surface area contributed by atoms with E-state index in [0.29, 0.717) is 25.4 Å². The minimum Gasteiger partial charge on any atom is -0.490 e. The summed E-state index contributed by atoms with van der Waals surface area (Å²) in [6, 6.07) is 13.8. The lowest BCUT2D eigenvalue weighted by Crippen LogP contribution is -2.12. The maximum absolute atomic E-state index is 12.1. The topological polar surface area (TPSA) is 47.6 Å². The van der Waals surface area contributed by atoms with E-state index in [1.807, 2.05) is 30.3 Å². The van der Waals surface area contributed by atoms with E-state index in [-0.39, 0.29) is 5.91 Å². The van der Waals surface area contributed by atoms with E-state index in [4.69, 9.17) is 9.47 Å². The summed E-state index contributed by atoms with van der Waals surface area (Å²) < 4.78 is 11.2. The van der Waals surface area contributed by atoms with Crippen molar-refractivity contribution >= 4 is 11.6 Å². The molecule has 1 N–H and O–H groups in total. The summed E-state index contributed by atoms with van der Waals surface area (Å²) >= 11 is 0. The molecular formula is C19H21NO3. The Morgan fingerprint density at radius 3 is 2.74 bits per heavy atom. The van der Waals surface area contributed by atoms with Crippen molar-refractivity contribution in [2.24, 2.45) is 0 Å².